The van der Waals surface area contributed by atoms with Crippen molar-refractivity contribution < 1.29 is 0 Å². The van der Waals surface area contributed by atoms with Crippen LogP contribution in [0.2, 0.25) is 0 Å². The number of likely N-dealkylation sites (N-methyl/N-ethyl adjacent to an activating group) is 1. The summed E-state index contributed by atoms with van der Waals surface area (Å²) in [7, 11) is 4.37. The SMILES string of the molecule is Cc1nc2c(c(N3CC(C)C(N(C)C)C3)n1)CCCC2. The first kappa shape index (κ1) is 13.8. The normalized spacial score (nSPS) is 26.1. The number of nitrogens with zero attached hydrogens (tertiary/aromatic N) is 4. The Morgan fingerprint density at radius 3 is 2.55 bits per heavy atom. The number of anilines is 1. The summed E-state index contributed by atoms with van der Waals surface area (Å²) >= 11 is 0. The van der Waals surface area contributed by atoms with Crippen molar-refractivity contribution in [2.24, 2.45) is 5.92 Å². The molecule has 2 heterocycles. The van der Waals surface area contributed by atoms with E-state index in [0.29, 0.717) is 12.0 Å². The highest BCUT2D eigenvalue weighted by molar-refractivity contribution is 5.51. The highest BCUT2D eigenvalue weighted by atomic mass is 15.3. The van der Waals surface area contributed by atoms with Crippen molar-refractivity contribution in [3.8, 4) is 0 Å². The minimum Gasteiger partial charge on any atom is -0.354 e. The third-order valence-electron chi connectivity index (χ3n) is 4.81. The molecule has 2 aliphatic rings. The Labute approximate surface area is 122 Å². The minimum absolute atomic E-state index is 0.629. The quantitative estimate of drug-likeness (QED) is 0.826. The fourth-order valence-electron chi connectivity index (χ4n) is 3.75. The van der Waals surface area contributed by atoms with Crippen LogP contribution in [0.1, 0.15) is 36.8 Å². The second-order valence-corrected chi connectivity index (χ2v) is 6.64. The Morgan fingerprint density at radius 2 is 1.85 bits per heavy atom. The monoisotopic (exact) mass is 274 g/mol. The van der Waals surface area contributed by atoms with Gasteiger partial charge in [-0.3, -0.25) is 0 Å². The Bertz CT molecular complexity index is 497. The van der Waals surface area contributed by atoms with Crippen molar-refractivity contribution in [1.29, 1.82) is 0 Å². The molecule has 0 aromatic carbocycles. The van der Waals surface area contributed by atoms with Crippen LogP contribution in [-0.4, -0.2) is 48.1 Å². The van der Waals surface area contributed by atoms with Crippen LogP contribution >= 0.6 is 0 Å². The molecule has 0 N–H and O–H groups in total. The van der Waals surface area contributed by atoms with E-state index < -0.39 is 0 Å². The van der Waals surface area contributed by atoms with Crippen LogP contribution in [0.5, 0.6) is 0 Å². The lowest BCUT2D eigenvalue weighted by Crippen LogP contribution is -2.34. The summed E-state index contributed by atoms with van der Waals surface area (Å²) in [5.41, 5.74) is 2.73. The van der Waals surface area contributed by atoms with Gasteiger partial charge in [0.15, 0.2) is 0 Å². The molecule has 3 rings (SSSR count). The predicted octanol–water partition coefficient (Wildman–Crippen LogP) is 2.05. The zero-order valence-corrected chi connectivity index (χ0v) is 13.2. The highest BCUT2D eigenvalue weighted by Crippen LogP contribution is 2.32. The molecule has 1 saturated heterocycles. The topological polar surface area (TPSA) is 32.3 Å². The van der Waals surface area contributed by atoms with E-state index in [9.17, 15) is 0 Å². The molecule has 2 atom stereocenters. The van der Waals surface area contributed by atoms with E-state index in [1.807, 2.05) is 6.92 Å². The van der Waals surface area contributed by atoms with Gasteiger partial charge in [0.2, 0.25) is 0 Å². The number of aryl methyl sites for hydroxylation is 2. The van der Waals surface area contributed by atoms with E-state index in [1.165, 1.54) is 29.9 Å². The van der Waals surface area contributed by atoms with E-state index in [-0.39, 0.29) is 0 Å². The van der Waals surface area contributed by atoms with E-state index >= 15 is 0 Å². The fourth-order valence-corrected chi connectivity index (χ4v) is 3.75. The number of hydrogen-bond donors (Lipinski definition) is 0. The Balaban J connectivity index is 1.93. The van der Waals surface area contributed by atoms with Gasteiger partial charge in [-0.25, -0.2) is 9.97 Å². The second kappa shape index (κ2) is 5.32. The summed E-state index contributed by atoms with van der Waals surface area (Å²) < 4.78 is 0. The summed E-state index contributed by atoms with van der Waals surface area (Å²) in [6, 6.07) is 0.629. The van der Waals surface area contributed by atoms with Gasteiger partial charge >= 0.3 is 0 Å². The van der Waals surface area contributed by atoms with Crippen LogP contribution in [0.4, 0.5) is 5.82 Å². The van der Waals surface area contributed by atoms with Gasteiger partial charge < -0.3 is 9.80 Å². The van der Waals surface area contributed by atoms with Gasteiger partial charge in [0, 0.05) is 30.4 Å². The molecule has 1 aliphatic carbocycles. The summed E-state index contributed by atoms with van der Waals surface area (Å²) in [5.74, 6) is 2.85. The second-order valence-electron chi connectivity index (χ2n) is 6.64. The van der Waals surface area contributed by atoms with E-state index in [4.69, 9.17) is 4.98 Å². The molecule has 0 spiro atoms. The molecule has 4 heteroatoms. The van der Waals surface area contributed by atoms with Crippen molar-refractivity contribution in [3.05, 3.63) is 17.1 Å². The van der Waals surface area contributed by atoms with Crippen LogP contribution < -0.4 is 4.90 Å². The molecule has 0 radical (unpaired) electrons. The Kier molecular flexibility index (Phi) is 3.67. The van der Waals surface area contributed by atoms with Gasteiger partial charge in [-0.05, 0) is 52.6 Å². The van der Waals surface area contributed by atoms with Gasteiger partial charge in [0.25, 0.3) is 0 Å². The standard InChI is InChI=1S/C16H26N4/c1-11-9-20(10-15(11)19(3)4)16-13-7-5-6-8-14(13)17-12(2)18-16/h11,15H,5-10H2,1-4H3. The average Bonchev–Trinajstić information content (AvgIpc) is 2.80. The van der Waals surface area contributed by atoms with Gasteiger partial charge in [0.1, 0.15) is 11.6 Å². The van der Waals surface area contributed by atoms with E-state index in [1.54, 1.807) is 0 Å². The summed E-state index contributed by atoms with van der Waals surface area (Å²) in [5, 5.41) is 0. The third kappa shape index (κ3) is 2.41. The zero-order chi connectivity index (χ0) is 14.3. The molecule has 2 unspecified atom stereocenters. The molecule has 1 aromatic rings. The number of rotatable bonds is 2. The molecule has 0 amide bonds. The first-order chi connectivity index (χ1) is 9.56. The van der Waals surface area contributed by atoms with Crippen LogP contribution in [0.15, 0.2) is 0 Å². The first-order valence-corrected chi connectivity index (χ1v) is 7.84. The summed E-state index contributed by atoms with van der Waals surface area (Å²) in [4.78, 5) is 14.3. The molecule has 0 saturated carbocycles. The van der Waals surface area contributed by atoms with Crippen molar-refractivity contribution in [3.63, 3.8) is 0 Å². The van der Waals surface area contributed by atoms with Gasteiger partial charge in [0.05, 0.1) is 0 Å². The maximum atomic E-state index is 4.79. The summed E-state index contributed by atoms with van der Waals surface area (Å²) in [6.07, 6.45) is 4.85. The van der Waals surface area contributed by atoms with Crippen molar-refractivity contribution >= 4 is 5.82 Å². The zero-order valence-electron chi connectivity index (χ0n) is 13.2. The van der Waals surface area contributed by atoms with Crippen molar-refractivity contribution in [2.45, 2.75) is 45.6 Å². The average molecular weight is 274 g/mol. The molecular formula is C16H26N4. The first-order valence-electron chi connectivity index (χ1n) is 7.84. The molecule has 0 bridgehead atoms. The number of fused-ring (bicyclic) bond motifs is 1. The fraction of sp³-hybridized carbons (Fsp3) is 0.750. The minimum atomic E-state index is 0.629. The van der Waals surface area contributed by atoms with Crippen LogP contribution in [-0.2, 0) is 12.8 Å². The van der Waals surface area contributed by atoms with Crippen molar-refractivity contribution in [2.75, 3.05) is 32.1 Å². The largest absolute Gasteiger partial charge is 0.354 e. The maximum absolute atomic E-state index is 4.79. The molecule has 4 nitrogen and oxygen atoms in total. The van der Waals surface area contributed by atoms with E-state index in [2.05, 4.69) is 35.8 Å². The van der Waals surface area contributed by atoms with Gasteiger partial charge in [-0.15, -0.1) is 0 Å². The third-order valence-corrected chi connectivity index (χ3v) is 4.81. The Morgan fingerprint density at radius 1 is 1.10 bits per heavy atom. The molecule has 1 aliphatic heterocycles. The molecule has 1 aromatic heterocycles. The van der Waals surface area contributed by atoms with Crippen molar-refractivity contribution in [1.82, 2.24) is 14.9 Å². The molecule has 110 valence electrons. The lowest BCUT2D eigenvalue weighted by Gasteiger charge is -2.26. The van der Waals surface area contributed by atoms with E-state index in [0.717, 1.165) is 31.8 Å². The smallest absolute Gasteiger partial charge is 0.135 e. The molecule has 20 heavy (non-hydrogen) atoms. The van der Waals surface area contributed by atoms with Crippen LogP contribution in [0.25, 0.3) is 0 Å². The molecular weight excluding hydrogens is 248 g/mol. The van der Waals surface area contributed by atoms with Gasteiger partial charge in [-0.1, -0.05) is 6.92 Å². The number of aromatic nitrogens is 2. The number of hydrogen-bond acceptors (Lipinski definition) is 4. The van der Waals surface area contributed by atoms with Crippen LogP contribution in [0.3, 0.4) is 0 Å². The van der Waals surface area contributed by atoms with Gasteiger partial charge in [-0.2, -0.15) is 0 Å². The highest BCUT2D eigenvalue weighted by Gasteiger charge is 2.33. The predicted molar refractivity (Wildman–Crippen MR) is 82.3 cm³/mol. The molecule has 1 fully saturated rings. The van der Waals surface area contributed by atoms with Crippen LogP contribution in [0, 0.1) is 12.8 Å². The summed E-state index contributed by atoms with van der Waals surface area (Å²) in [6.45, 7) is 6.59. The Hall–Kier alpha value is -1.16. The lowest BCUT2D eigenvalue weighted by molar-refractivity contribution is 0.266. The maximum Gasteiger partial charge on any atom is 0.135 e. The lowest BCUT2D eigenvalue weighted by atomic mass is 9.96.